The highest BCUT2D eigenvalue weighted by Gasteiger charge is 2.20. The molecule has 0 radical (unpaired) electrons. The van der Waals surface area contributed by atoms with E-state index in [1.54, 1.807) is 15.9 Å². The summed E-state index contributed by atoms with van der Waals surface area (Å²) in [5, 5.41) is 17.3. The molecule has 0 atom stereocenters. The van der Waals surface area contributed by atoms with Crippen molar-refractivity contribution in [2.75, 3.05) is 0 Å². The van der Waals surface area contributed by atoms with Gasteiger partial charge in [-0.05, 0) is 0 Å². The van der Waals surface area contributed by atoms with Gasteiger partial charge in [-0.2, -0.15) is 10.2 Å². The van der Waals surface area contributed by atoms with Crippen molar-refractivity contribution >= 4 is 12.5 Å². The van der Waals surface area contributed by atoms with Crippen LogP contribution in [0.3, 0.4) is 0 Å². The molecule has 0 N–H and O–H groups in total. The lowest BCUT2D eigenvalue weighted by molar-refractivity contribution is 0.322. The van der Waals surface area contributed by atoms with Crippen molar-refractivity contribution in [1.82, 2.24) is 19.8 Å². The van der Waals surface area contributed by atoms with Gasteiger partial charge in [-0.3, -0.25) is 0 Å². The topological polar surface area (TPSA) is 71.0 Å². The molecule has 13 heavy (non-hydrogen) atoms. The molecule has 0 amide bonds. The van der Waals surface area contributed by atoms with Crippen LogP contribution < -0.4 is 0 Å². The highest BCUT2D eigenvalue weighted by molar-refractivity contribution is 5.56. The number of fused-ring (bicyclic) bond motifs is 2. The van der Waals surface area contributed by atoms with Crippen molar-refractivity contribution in [2.45, 2.75) is 6.54 Å². The van der Waals surface area contributed by atoms with Gasteiger partial charge >= 0.3 is 0 Å². The van der Waals surface area contributed by atoms with E-state index >= 15 is 0 Å². The van der Waals surface area contributed by atoms with E-state index in [2.05, 4.69) is 25.4 Å². The first-order valence-electron chi connectivity index (χ1n) is 3.74. The smallest absolute Gasteiger partial charge is 0.190 e. The first-order chi connectivity index (χ1) is 6.43. The van der Waals surface area contributed by atoms with Gasteiger partial charge < -0.3 is 0 Å². The Morgan fingerprint density at radius 3 is 3.38 bits per heavy atom. The SMILES string of the molecule is C1=NN2Cc3ncnn3C=C2N=N1. The third-order valence-electron chi connectivity index (χ3n) is 1.84. The molecule has 0 fully saturated rings. The Kier molecular flexibility index (Phi) is 1.10. The summed E-state index contributed by atoms with van der Waals surface area (Å²) in [4.78, 5) is 4.07. The van der Waals surface area contributed by atoms with Crippen LogP contribution in [0.1, 0.15) is 5.82 Å². The molecule has 2 aliphatic heterocycles. The summed E-state index contributed by atoms with van der Waals surface area (Å²) < 4.78 is 1.67. The van der Waals surface area contributed by atoms with E-state index in [0.29, 0.717) is 12.4 Å². The van der Waals surface area contributed by atoms with Crippen LogP contribution in [0.2, 0.25) is 0 Å². The minimum Gasteiger partial charge on any atom is -0.236 e. The minimum absolute atomic E-state index is 0.585. The van der Waals surface area contributed by atoms with Crippen molar-refractivity contribution in [1.29, 1.82) is 0 Å². The zero-order valence-corrected chi connectivity index (χ0v) is 6.57. The lowest BCUT2D eigenvalue weighted by Crippen LogP contribution is -2.24. The lowest BCUT2D eigenvalue weighted by atomic mass is 10.5. The van der Waals surface area contributed by atoms with Gasteiger partial charge in [-0.15, -0.1) is 10.2 Å². The van der Waals surface area contributed by atoms with E-state index in [9.17, 15) is 0 Å². The molecule has 1 aromatic rings. The normalized spacial score (nSPS) is 18.2. The fourth-order valence-electron chi connectivity index (χ4n) is 1.23. The number of nitrogens with zero attached hydrogens (tertiary/aromatic N) is 7. The maximum absolute atomic E-state index is 4.07. The van der Waals surface area contributed by atoms with Crippen molar-refractivity contribution < 1.29 is 0 Å². The summed E-state index contributed by atoms with van der Waals surface area (Å²) >= 11 is 0. The molecule has 0 saturated carbocycles. The van der Waals surface area contributed by atoms with Crippen LogP contribution in [0.25, 0.3) is 6.20 Å². The highest BCUT2D eigenvalue weighted by atomic mass is 15.6. The third-order valence-corrected chi connectivity index (χ3v) is 1.84. The number of azo groups is 1. The first-order valence-corrected chi connectivity index (χ1v) is 3.74. The molecule has 3 rings (SSSR count). The molecule has 0 bridgehead atoms. The summed E-state index contributed by atoms with van der Waals surface area (Å²) in [7, 11) is 0. The summed E-state index contributed by atoms with van der Waals surface area (Å²) in [6, 6.07) is 0. The van der Waals surface area contributed by atoms with Gasteiger partial charge in [0, 0.05) is 0 Å². The van der Waals surface area contributed by atoms with E-state index < -0.39 is 0 Å². The largest absolute Gasteiger partial charge is 0.236 e. The van der Waals surface area contributed by atoms with E-state index in [0.717, 1.165) is 5.82 Å². The second-order valence-corrected chi connectivity index (χ2v) is 2.61. The zero-order valence-electron chi connectivity index (χ0n) is 6.57. The number of hydrogen-bond donors (Lipinski definition) is 0. The van der Waals surface area contributed by atoms with Gasteiger partial charge in [-0.1, -0.05) is 0 Å². The molecular weight excluding hydrogens is 170 g/mol. The number of aromatic nitrogens is 3. The Balaban J connectivity index is 2.13. The Bertz CT molecular complexity index is 426. The Morgan fingerprint density at radius 1 is 1.38 bits per heavy atom. The highest BCUT2D eigenvalue weighted by Crippen LogP contribution is 2.19. The second-order valence-electron chi connectivity index (χ2n) is 2.61. The average molecular weight is 175 g/mol. The van der Waals surface area contributed by atoms with Crippen molar-refractivity contribution in [3.63, 3.8) is 0 Å². The third kappa shape index (κ3) is 0.866. The van der Waals surface area contributed by atoms with Crippen LogP contribution in [0, 0.1) is 0 Å². The van der Waals surface area contributed by atoms with Crippen LogP contribution >= 0.6 is 0 Å². The van der Waals surface area contributed by atoms with Crippen LogP contribution in [-0.4, -0.2) is 26.1 Å². The van der Waals surface area contributed by atoms with E-state index in [1.807, 2.05) is 0 Å². The molecule has 3 heterocycles. The monoisotopic (exact) mass is 175 g/mol. The lowest BCUT2D eigenvalue weighted by Gasteiger charge is -2.22. The Morgan fingerprint density at radius 2 is 2.38 bits per heavy atom. The van der Waals surface area contributed by atoms with E-state index in [1.165, 1.54) is 12.7 Å². The van der Waals surface area contributed by atoms with Gasteiger partial charge in [0.15, 0.2) is 18.0 Å². The summed E-state index contributed by atoms with van der Waals surface area (Å²) in [5.41, 5.74) is 0. The molecule has 7 nitrogen and oxygen atoms in total. The van der Waals surface area contributed by atoms with E-state index in [4.69, 9.17) is 0 Å². The number of hydrazone groups is 1. The summed E-state index contributed by atoms with van der Waals surface area (Å²) in [6.07, 6.45) is 4.65. The quantitative estimate of drug-likeness (QED) is 0.567. The van der Waals surface area contributed by atoms with Crippen molar-refractivity contribution in [3.8, 4) is 0 Å². The van der Waals surface area contributed by atoms with Crippen LogP contribution in [-0.2, 0) is 6.54 Å². The Labute approximate surface area is 73.1 Å². The number of hydrogen-bond acceptors (Lipinski definition) is 6. The maximum atomic E-state index is 4.07. The fraction of sp³-hybridized carbons (Fsp3) is 0.167. The van der Waals surface area contributed by atoms with Crippen LogP contribution in [0.15, 0.2) is 27.5 Å². The molecule has 0 saturated heterocycles. The van der Waals surface area contributed by atoms with Gasteiger partial charge in [-0.25, -0.2) is 14.7 Å². The average Bonchev–Trinajstić information content (AvgIpc) is 2.61. The fourth-order valence-corrected chi connectivity index (χ4v) is 1.23. The van der Waals surface area contributed by atoms with Crippen molar-refractivity contribution in [3.05, 3.63) is 18.0 Å². The summed E-state index contributed by atoms with van der Waals surface area (Å²) in [6.45, 7) is 0.585. The molecule has 1 aromatic heterocycles. The van der Waals surface area contributed by atoms with Gasteiger partial charge in [0.25, 0.3) is 0 Å². The molecule has 0 spiro atoms. The van der Waals surface area contributed by atoms with Gasteiger partial charge in [0.1, 0.15) is 12.9 Å². The van der Waals surface area contributed by atoms with Gasteiger partial charge in [0.05, 0.1) is 6.20 Å². The molecular formula is C6H5N7. The van der Waals surface area contributed by atoms with E-state index in [-0.39, 0.29) is 0 Å². The molecule has 2 aliphatic rings. The summed E-state index contributed by atoms with van der Waals surface area (Å²) in [5.74, 6) is 1.53. The van der Waals surface area contributed by atoms with Crippen LogP contribution in [0.5, 0.6) is 0 Å². The van der Waals surface area contributed by atoms with Gasteiger partial charge in [0.2, 0.25) is 0 Å². The standard InChI is InChI=1S/C6H5N7/c1-5-7-3-9-12(5)2-6-11-8-4-10-13(1)6/h2-4H,1H2. The van der Waals surface area contributed by atoms with Crippen molar-refractivity contribution in [2.24, 2.45) is 15.3 Å². The molecule has 0 unspecified atom stereocenters. The minimum atomic E-state index is 0.585. The predicted molar refractivity (Wildman–Crippen MR) is 43.2 cm³/mol. The van der Waals surface area contributed by atoms with Crippen LogP contribution in [0.4, 0.5) is 0 Å². The second kappa shape index (κ2) is 2.22. The first kappa shape index (κ1) is 6.46. The maximum Gasteiger partial charge on any atom is 0.190 e. The molecule has 64 valence electrons. The zero-order chi connectivity index (χ0) is 8.67. The molecule has 0 aromatic carbocycles. The molecule has 7 heteroatoms. The molecule has 0 aliphatic carbocycles. The number of rotatable bonds is 0. The predicted octanol–water partition coefficient (Wildman–Crippen LogP) is 0.259. The Hall–Kier alpha value is -2.05.